The quantitative estimate of drug-likeness (QED) is 0.401. The summed E-state index contributed by atoms with van der Waals surface area (Å²) in [6.07, 6.45) is 1.50. The molecule has 0 bridgehead atoms. The third kappa shape index (κ3) is 5.74. The number of anilines is 2. The highest BCUT2D eigenvalue weighted by Crippen LogP contribution is 2.23. The molecule has 0 atom stereocenters. The molecular weight excluding hydrogens is 440 g/mol. The summed E-state index contributed by atoms with van der Waals surface area (Å²) < 4.78 is 1.25. The van der Waals surface area contributed by atoms with Crippen molar-refractivity contribution in [2.45, 2.75) is 39.8 Å². The second-order valence-corrected chi connectivity index (χ2v) is 7.75. The molecule has 1 aromatic carbocycles. The third-order valence-electron chi connectivity index (χ3n) is 4.92. The maximum atomic E-state index is 13.0. The van der Waals surface area contributed by atoms with Crippen molar-refractivity contribution in [3.63, 3.8) is 0 Å². The minimum atomic E-state index is -0.736. The van der Waals surface area contributed by atoms with E-state index in [0.717, 1.165) is 6.42 Å². The van der Waals surface area contributed by atoms with Crippen molar-refractivity contribution in [3.8, 4) is 0 Å². The number of hydrogen-bond donors (Lipinski definition) is 2. The molecule has 0 aliphatic carbocycles. The van der Waals surface area contributed by atoms with E-state index >= 15 is 0 Å². The number of nitrogens with zero attached hydrogens (tertiary/aromatic N) is 4. The number of nitrogens with two attached hydrogens (primary N) is 1. The SMILES string of the molecule is CCCCn1c(N)c(N(CC)C(=O)CN(C)Cc2cc([N+](=O)[O-])ccc2Cl)c(=O)[nH]c1=O. The van der Waals surface area contributed by atoms with Crippen LogP contribution in [0.25, 0.3) is 0 Å². The summed E-state index contributed by atoms with van der Waals surface area (Å²) in [5, 5.41) is 11.4. The predicted molar refractivity (Wildman–Crippen MR) is 123 cm³/mol. The number of aromatic nitrogens is 2. The van der Waals surface area contributed by atoms with Gasteiger partial charge in [-0.25, -0.2) is 4.79 Å². The van der Waals surface area contributed by atoms with Crippen LogP contribution < -0.4 is 21.9 Å². The maximum absolute atomic E-state index is 13.0. The van der Waals surface area contributed by atoms with Crippen molar-refractivity contribution < 1.29 is 9.72 Å². The van der Waals surface area contributed by atoms with Crippen LogP contribution in [0.15, 0.2) is 27.8 Å². The fourth-order valence-corrected chi connectivity index (χ4v) is 3.47. The predicted octanol–water partition coefficient (Wildman–Crippen LogP) is 1.97. The van der Waals surface area contributed by atoms with E-state index in [4.69, 9.17) is 17.3 Å². The van der Waals surface area contributed by atoms with Crippen LogP contribution in [0, 0.1) is 10.1 Å². The Labute approximate surface area is 189 Å². The summed E-state index contributed by atoms with van der Waals surface area (Å²) in [4.78, 5) is 53.2. The second-order valence-electron chi connectivity index (χ2n) is 7.34. The summed E-state index contributed by atoms with van der Waals surface area (Å²) in [7, 11) is 1.65. The largest absolute Gasteiger partial charge is 0.383 e. The number of carbonyl (C=O) groups is 1. The number of nitrogens with one attached hydrogen (secondary N) is 1. The van der Waals surface area contributed by atoms with Crippen LogP contribution in [-0.2, 0) is 17.9 Å². The monoisotopic (exact) mass is 466 g/mol. The molecule has 0 fully saturated rings. The van der Waals surface area contributed by atoms with Crippen molar-refractivity contribution in [1.82, 2.24) is 14.5 Å². The van der Waals surface area contributed by atoms with Gasteiger partial charge in [0, 0.05) is 36.8 Å². The zero-order chi connectivity index (χ0) is 24.0. The van der Waals surface area contributed by atoms with E-state index in [1.807, 2.05) is 6.92 Å². The highest BCUT2D eigenvalue weighted by atomic mass is 35.5. The molecule has 0 radical (unpaired) electrons. The Morgan fingerprint density at radius 3 is 2.59 bits per heavy atom. The molecular formula is C20H27ClN6O5. The lowest BCUT2D eigenvalue weighted by atomic mass is 10.2. The smallest absolute Gasteiger partial charge is 0.330 e. The summed E-state index contributed by atoms with van der Waals surface area (Å²) in [6, 6.07) is 4.09. The summed E-state index contributed by atoms with van der Waals surface area (Å²) >= 11 is 6.14. The van der Waals surface area contributed by atoms with E-state index in [-0.39, 0.29) is 36.8 Å². The standard InChI is InChI=1S/C20H27ClN6O5/c1-4-6-9-26-18(22)17(19(29)23-20(26)30)25(5-2)16(28)12-24(3)11-13-10-14(27(31)32)7-8-15(13)21/h7-8,10H,4-6,9,11-12,22H2,1-3H3,(H,23,29,30). The highest BCUT2D eigenvalue weighted by molar-refractivity contribution is 6.31. The van der Waals surface area contributed by atoms with Crippen LogP contribution >= 0.6 is 11.6 Å². The minimum absolute atomic E-state index is 0.0632. The van der Waals surface area contributed by atoms with Crippen molar-refractivity contribution in [3.05, 3.63) is 59.7 Å². The molecule has 32 heavy (non-hydrogen) atoms. The molecule has 2 rings (SSSR count). The van der Waals surface area contributed by atoms with E-state index in [1.54, 1.807) is 18.9 Å². The Morgan fingerprint density at radius 2 is 2.00 bits per heavy atom. The van der Waals surface area contributed by atoms with Crippen molar-refractivity contribution in [2.75, 3.05) is 30.8 Å². The van der Waals surface area contributed by atoms with Crippen LogP contribution in [0.1, 0.15) is 32.3 Å². The van der Waals surface area contributed by atoms with Gasteiger partial charge in [-0.3, -0.25) is 34.2 Å². The van der Waals surface area contributed by atoms with Crippen LogP contribution in [0.3, 0.4) is 0 Å². The fourth-order valence-electron chi connectivity index (χ4n) is 3.29. The normalized spacial score (nSPS) is 11.0. The van der Waals surface area contributed by atoms with Crippen LogP contribution in [0.2, 0.25) is 5.02 Å². The zero-order valence-corrected chi connectivity index (χ0v) is 19.0. The first-order valence-electron chi connectivity index (χ1n) is 10.1. The van der Waals surface area contributed by atoms with Crippen molar-refractivity contribution in [2.24, 2.45) is 0 Å². The number of halogens is 1. The Balaban J connectivity index is 2.27. The molecule has 12 heteroatoms. The fraction of sp³-hybridized carbons (Fsp3) is 0.450. The molecule has 174 valence electrons. The first-order chi connectivity index (χ1) is 15.1. The minimum Gasteiger partial charge on any atom is -0.383 e. The number of nitro benzene ring substituents is 1. The first kappa shape index (κ1) is 25.1. The van der Waals surface area contributed by atoms with E-state index in [1.165, 1.54) is 27.7 Å². The number of benzene rings is 1. The number of nitrogen functional groups attached to an aromatic ring is 1. The number of H-pyrrole nitrogens is 1. The van der Waals surface area contributed by atoms with Gasteiger partial charge in [0.25, 0.3) is 11.2 Å². The Hall–Kier alpha value is -3.18. The van der Waals surface area contributed by atoms with Gasteiger partial charge in [0.05, 0.1) is 11.5 Å². The zero-order valence-electron chi connectivity index (χ0n) is 18.3. The van der Waals surface area contributed by atoms with Crippen molar-refractivity contribution in [1.29, 1.82) is 0 Å². The van der Waals surface area contributed by atoms with Gasteiger partial charge in [-0.15, -0.1) is 0 Å². The molecule has 11 nitrogen and oxygen atoms in total. The van der Waals surface area contributed by atoms with Crippen LogP contribution in [0.5, 0.6) is 0 Å². The Kier molecular flexibility index (Phi) is 8.56. The van der Waals surface area contributed by atoms with Crippen LogP contribution in [0.4, 0.5) is 17.2 Å². The lowest BCUT2D eigenvalue weighted by molar-refractivity contribution is -0.384. The number of non-ortho nitro benzene ring substituents is 1. The lowest BCUT2D eigenvalue weighted by Crippen LogP contribution is -2.44. The number of unbranched alkanes of at least 4 members (excludes halogenated alkanes) is 1. The average molecular weight is 467 g/mol. The van der Waals surface area contributed by atoms with E-state index < -0.39 is 22.1 Å². The lowest BCUT2D eigenvalue weighted by Gasteiger charge is -2.25. The molecule has 0 unspecified atom stereocenters. The number of aromatic amines is 1. The van der Waals surface area contributed by atoms with E-state index in [9.17, 15) is 24.5 Å². The Morgan fingerprint density at radius 1 is 1.31 bits per heavy atom. The topological polar surface area (TPSA) is 148 Å². The van der Waals surface area contributed by atoms with Gasteiger partial charge in [0.1, 0.15) is 5.82 Å². The van der Waals surface area contributed by atoms with Gasteiger partial charge in [-0.2, -0.15) is 0 Å². The molecule has 0 spiro atoms. The van der Waals surface area contributed by atoms with E-state index in [0.29, 0.717) is 23.6 Å². The number of rotatable bonds is 10. The van der Waals surface area contributed by atoms with E-state index in [2.05, 4.69) is 4.98 Å². The van der Waals surface area contributed by atoms with Gasteiger partial charge < -0.3 is 10.6 Å². The summed E-state index contributed by atoms with van der Waals surface area (Å²) in [5.74, 6) is -0.485. The summed E-state index contributed by atoms with van der Waals surface area (Å²) in [5.41, 5.74) is 5.07. The van der Waals surface area contributed by atoms with Crippen LogP contribution in [-0.4, -0.2) is 45.4 Å². The molecule has 1 amide bonds. The van der Waals surface area contributed by atoms with Gasteiger partial charge in [0.15, 0.2) is 5.69 Å². The number of carbonyl (C=O) groups excluding carboxylic acids is 1. The number of hydrogen-bond acceptors (Lipinski definition) is 7. The molecule has 1 heterocycles. The number of amides is 1. The molecule has 0 aliphatic rings. The summed E-state index contributed by atoms with van der Waals surface area (Å²) in [6.45, 7) is 4.19. The van der Waals surface area contributed by atoms with Gasteiger partial charge in [-0.05, 0) is 32.0 Å². The second kappa shape index (κ2) is 10.9. The molecule has 1 aromatic heterocycles. The first-order valence-corrected chi connectivity index (χ1v) is 10.5. The molecule has 0 saturated heterocycles. The number of likely N-dealkylation sites (N-methyl/N-ethyl adjacent to an activating group) is 2. The molecule has 3 N–H and O–H groups in total. The maximum Gasteiger partial charge on any atom is 0.330 e. The Bertz CT molecular complexity index is 1110. The highest BCUT2D eigenvalue weighted by Gasteiger charge is 2.24. The molecule has 0 saturated carbocycles. The molecule has 2 aromatic rings. The van der Waals surface area contributed by atoms with Gasteiger partial charge in [0.2, 0.25) is 5.91 Å². The average Bonchev–Trinajstić information content (AvgIpc) is 2.72. The number of nitro groups is 1. The van der Waals surface area contributed by atoms with Gasteiger partial charge in [-0.1, -0.05) is 24.9 Å². The third-order valence-corrected chi connectivity index (χ3v) is 5.29. The van der Waals surface area contributed by atoms with Crippen molar-refractivity contribution >= 4 is 34.7 Å². The van der Waals surface area contributed by atoms with Gasteiger partial charge >= 0.3 is 5.69 Å². The molecule has 0 aliphatic heterocycles.